The van der Waals surface area contributed by atoms with E-state index in [2.05, 4.69) is 15.3 Å². The quantitative estimate of drug-likeness (QED) is 0.796. The number of hydrogen-bond acceptors (Lipinski definition) is 3. The summed E-state index contributed by atoms with van der Waals surface area (Å²) in [5, 5.41) is 2.72. The van der Waals surface area contributed by atoms with E-state index >= 15 is 0 Å². The lowest BCUT2D eigenvalue weighted by atomic mass is 9.93. The van der Waals surface area contributed by atoms with Crippen LogP contribution in [0, 0.1) is 24.5 Å². The third-order valence-corrected chi connectivity index (χ3v) is 4.96. The maximum atomic E-state index is 13.2. The number of aromatic amines is 1. The summed E-state index contributed by atoms with van der Waals surface area (Å²) in [4.78, 5) is 33.4. The Bertz CT molecular complexity index is 852. The summed E-state index contributed by atoms with van der Waals surface area (Å²) in [5.41, 5.74) is 1.35. The lowest BCUT2D eigenvalue weighted by Crippen LogP contribution is -2.40. The minimum atomic E-state index is -0.925. The number of aryl methyl sites for hydroxylation is 1. The molecule has 28 heavy (non-hydrogen) atoms. The Kier molecular flexibility index (Phi) is 6.38. The van der Waals surface area contributed by atoms with Crippen LogP contribution >= 0.6 is 0 Å². The van der Waals surface area contributed by atoms with Gasteiger partial charge in [-0.05, 0) is 49.8 Å². The molecular formula is C20H24F2N4O2. The number of nitrogens with one attached hydrogen (secondary N) is 2. The maximum absolute atomic E-state index is 13.2. The number of carbonyl (C=O) groups excluding carboxylic acids is 2. The van der Waals surface area contributed by atoms with E-state index in [1.165, 1.54) is 6.07 Å². The maximum Gasteiger partial charge on any atom is 0.289 e. The van der Waals surface area contributed by atoms with E-state index in [1.807, 2.05) is 6.92 Å². The number of imidazole rings is 1. The van der Waals surface area contributed by atoms with E-state index in [0.29, 0.717) is 37.3 Å². The number of hydrogen-bond donors (Lipinski definition) is 2. The SMILES string of the molecule is Cc1cnc(C(=O)N2CCC[C@@H](CCC(=O)NCc3ccc(F)c(F)c3)C2)[nH]1. The highest BCUT2D eigenvalue weighted by atomic mass is 19.2. The van der Waals surface area contributed by atoms with Gasteiger partial charge in [0, 0.05) is 37.9 Å². The Hall–Kier alpha value is -2.77. The Morgan fingerprint density at radius 3 is 2.86 bits per heavy atom. The average Bonchev–Trinajstić information content (AvgIpc) is 3.13. The zero-order valence-electron chi connectivity index (χ0n) is 15.8. The first-order valence-electron chi connectivity index (χ1n) is 9.44. The van der Waals surface area contributed by atoms with E-state index < -0.39 is 11.6 Å². The number of piperidine rings is 1. The van der Waals surface area contributed by atoms with Crippen molar-refractivity contribution in [3.63, 3.8) is 0 Å². The molecule has 3 rings (SSSR count). The van der Waals surface area contributed by atoms with Crippen molar-refractivity contribution in [2.45, 2.75) is 39.2 Å². The topological polar surface area (TPSA) is 78.1 Å². The molecule has 8 heteroatoms. The van der Waals surface area contributed by atoms with Gasteiger partial charge < -0.3 is 15.2 Å². The molecule has 150 valence electrons. The molecule has 0 radical (unpaired) electrons. The van der Waals surface area contributed by atoms with Crippen molar-refractivity contribution in [2.75, 3.05) is 13.1 Å². The molecule has 0 unspecified atom stereocenters. The van der Waals surface area contributed by atoms with Crippen LogP contribution in [-0.4, -0.2) is 39.8 Å². The molecule has 2 heterocycles. The second kappa shape index (κ2) is 8.95. The van der Waals surface area contributed by atoms with Crippen molar-refractivity contribution in [3.8, 4) is 0 Å². The van der Waals surface area contributed by atoms with E-state index in [9.17, 15) is 18.4 Å². The van der Waals surface area contributed by atoms with Crippen molar-refractivity contribution in [3.05, 3.63) is 53.1 Å². The normalized spacial score (nSPS) is 16.8. The number of likely N-dealkylation sites (tertiary alicyclic amines) is 1. The van der Waals surface area contributed by atoms with Gasteiger partial charge in [0.1, 0.15) is 0 Å². The van der Waals surface area contributed by atoms with Crippen LogP contribution in [-0.2, 0) is 11.3 Å². The highest BCUT2D eigenvalue weighted by Gasteiger charge is 2.26. The van der Waals surface area contributed by atoms with Gasteiger partial charge in [-0.3, -0.25) is 9.59 Å². The van der Waals surface area contributed by atoms with Gasteiger partial charge in [-0.1, -0.05) is 6.07 Å². The van der Waals surface area contributed by atoms with Crippen LogP contribution < -0.4 is 5.32 Å². The zero-order chi connectivity index (χ0) is 20.1. The molecule has 1 aliphatic rings. The molecule has 1 saturated heterocycles. The van der Waals surface area contributed by atoms with Crippen molar-refractivity contribution in [1.82, 2.24) is 20.2 Å². The smallest absolute Gasteiger partial charge is 0.289 e. The predicted octanol–water partition coefficient (Wildman–Crippen LogP) is 2.95. The van der Waals surface area contributed by atoms with Crippen molar-refractivity contribution in [2.24, 2.45) is 5.92 Å². The predicted molar refractivity (Wildman–Crippen MR) is 99.4 cm³/mol. The van der Waals surface area contributed by atoms with Gasteiger partial charge in [0.25, 0.3) is 5.91 Å². The number of H-pyrrole nitrogens is 1. The first-order chi connectivity index (χ1) is 13.4. The minimum Gasteiger partial charge on any atom is -0.352 e. The number of carbonyl (C=O) groups is 2. The second-order valence-corrected chi connectivity index (χ2v) is 7.24. The molecule has 1 aliphatic heterocycles. The van der Waals surface area contributed by atoms with Gasteiger partial charge in [0.05, 0.1) is 0 Å². The van der Waals surface area contributed by atoms with E-state index in [-0.39, 0.29) is 24.3 Å². The fraction of sp³-hybridized carbons (Fsp3) is 0.450. The zero-order valence-corrected chi connectivity index (χ0v) is 15.8. The fourth-order valence-electron chi connectivity index (χ4n) is 3.43. The second-order valence-electron chi connectivity index (χ2n) is 7.24. The van der Waals surface area contributed by atoms with Gasteiger partial charge in [0.2, 0.25) is 5.91 Å². The highest BCUT2D eigenvalue weighted by Crippen LogP contribution is 2.22. The highest BCUT2D eigenvalue weighted by molar-refractivity contribution is 5.90. The molecule has 1 aromatic carbocycles. The van der Waals surface area contributed by atoms with Crippen LogP contribution in [0.1, 0.15) is 47.6 Å². The van der Waals surface area contributed by atoms with Gasteiger partial charge in [0.15, 0.2) is 17.5 Å². The number of amides is 2. The summed E-state index contributed by atoms with van der Waals surface area (Å²) in [6.45, 7) is 3.30. The van der Waals surface area contributed by atoms with Crippen LogP contribution in [0.15, 0.2) is 24.4 Å². The van der Waals surface area contributed by atoms with Crippen molar-refractivity contribution >= 4 is 11.8 Å². The van der Waals surface area contributed by atoms with Gasteiger partial charge in [-0.2, -0.15) is 0 Å². The average molecular weight is 390 g/mol. The standard InChI is InChI=1S/C20H24F2N4O2/c1-13-10-24-19(25-13)20(28)26-8-2-3-14(12-26)5-7-18(27)23-11-15-4-6-16(21)17(22)9-15/h4,6,9-10,14H,2-3,5,7-8,11-12H2,1H3,(H,23,27)(H,24,25)/t14-/m0/s1. The Morgan fingerprint density at radius 1 is 1.32 bits per heavy atom. The first kappa shape index (κ1) is 20.0. The number of nitrogens with zero attached hydrogens (tertiary/aromatic N) is 2. The Labute approximate surface area is 162 Å². The minimum absolute atomic E-state index is 0.111. The molecule has 0 bridgehead atoms. The van der Waals surface area contributed by atoms with Gasteiger partial charge in [-0.15, -0.1) is 0 Å². The van der Waals surface area contributed by atoms with E-state index in [1.54, 1.807) is 11.1 Å². The molecule has 1 aromatic heterocycles. The fourth-order valence-corrected chi connectivity index (χ4v) is 3.43. The molecular weight excluding hydrogens is 366 g/mol. The number of benzene rings is 1. The van der Waals surface area contributed by atoms with Crippen molar-refractivity contribution < 1.29 is 18.4 Å². The summed E-state index contributed by atoms with van der Waals surface area (Å²) in [7, 11) is 0. The van der Waals surface area contributed by atoms with Crippen molar-refractivity contribution in [1.29, 1.82) is 0 Å². The molecule has 2 aromatic rings. The van der Waals surface area contributed by atoms with Crippen LogP contribution in [0.3, 0.4) is 0 Å². The molecule has 0 spiro atoms. The number of aromatic nitrogens is 2. The largest absolute Gasteiger partial charge is 0.352 e. The number of rotatable bonds is 6. The van der Waals surface area contributed by atoms with Crippen LogP contribution in [0.4, 0.5) is 8.78 Å². The molecule has 6 nitrogen and oxygen atoms in total. The lowest BCUT2D eigenvalue weighted by Gasteiger charge is -2.32. The van der Waals surface area contributed by atoms with E-state index in [0.717, 1.165) is 30.7 Å². The Morgan fingerprint density at radius 2 is 2.14 bits per heavy atom. The lowest BCUT2D eigenvalue weighted by molar-refractivity contribution is -0.121. The first-order valence-corrected chi connectivity index (χ1v) is 9.44. The summed E-state index contributed by atoms with van der Waals surface area (Å²) in [5.74, 6) is -1.48. The summed E-state index contributed by atoms with van der Waals surface area (Å²) < 4.78 is 26.1. The van der Waals surface area contributed by atoms with Gasteiger partial charge in [-0.25, -0.2) is 13.8 Å². The van der Waals surface area contributed by atoms with Crippen LogP contribution in [0.2, 0.25) is 0 Å². The molecule has 1 atom stereocenters. The summed E-state index contributed by atoms with van der Waals surface area (Å²) >= 11 is 0. The molecule has 1 fully saturated rings. The van der Waals surface area contributed by atoms with Gasteiger partial charge >= 0.3 is 0 Å². The monoisotopic (exact) mass is 390 g/mol. The van der Waals surface area contributed by atoms with Crippen LogP contribution in [0.25, 0.3) is 0 Å². The summed E-state index contributed by atoms with van der Waals surface area (Å²) in [6.07, 6.45) is 4.50. The number of halogens is 2. The third kappa shape index (κ3) is 5.15. The van der Waals surface area contributed by atoms with E-state index in [4.69, 9.17) is 0 Å². The molecule has 2 amide bonds. The van der Waals surface area contributed by atoms with Crippen LogP contribution in [0.5, 0.6) is 0 Å². The third-order valence-electron chi connectivity index (χ3n) is 4.96. The molecule has 0 aliphatic carbocycles. The molecule has 2 N–H and O–H groups in total. The Balaban J connectivity index is 1.44. The summed E-state index contributed by atoms with van der Waals surface area (Å²) in [6, 6.07) is 3.57. The molecule has 0 saturated carbocycles.